The quantitative estimate of drug-likeness (QED) is 0.622. The third-order valence-corrected chi connectivity index (χ3v) is 2.94. The zero-order valence-electron chi connectivity index (χ0n) is 10.2. The van der Waals surface area contributed by atoms with Crippen LogP contribution in [0.1, 0.15) is 35.7 Å². The lowest BCUT2D eigenvalue weighted by Crippen LogP contribution is -2.34. The largest absolute Gasteiger partial charge is 0.348 e. The summed E-state index contributed by atoms with van der Waals surface area (Å²) in [6.07, 6.45) is 6.65. The standard InChI is InChI=1S/C14H17NOS/c1-4-6-11(5-2)15-14(16)13-9-12(17)8-7-10(13)3/h1,7-9,11,17H,5-6H2,2-3H3,(H,15,16). The summed E-state index contributed by atoms with van der Waals surface area (Å²) in [5.74, 6) is 2.49. The second-order valence-corrected chi connectivity index (χ2v) is 4.50. The van der Waals surface area contributed by atoms with Gasteiger partial charge in [-0.3, -0.25) is 4.79 Å². The Balaban J connectivity index is 2.82. The average molecular weight is 247 g/mol. The van der Waals surface area contributed by atoms with E-state index >= 15 is 0 Å². The highest BCUT2D eigenvalue weighted by Crippen LogP contribution is 2.14. The summed E-state index contributed by atoms with van der Waals surface area (Å²) in [6, 6.07) is 5.57. The van der Waals surface area contributed by atoms with Gasteiger partial charge in [0.2, 0.25) is 0 Å². The summed E-state index contributed by atoms with van der Waals surface area (Å²) in [6.45, 7) is 3.91. The highest BCUT2D eigenvalue weighted by atomic mass is 32.1. The second kappa shape index (κ2) is 6.36. The van der Waals surface area contributed by atoms with Crippen LogP contribution in [0.4, 0.5) is 0 Å². The molecule has 1 unspecified atom stereocenters. The van der Waals surface area contributed by atoms with Gasteiger partial charge in [-0.25, -0.2) is 0 Å². The molecule has 0 aliphatic rings. The third-order valence-electron chi connectivity index (χ3n) is 2.66. The Kier molecular flexibility index (Phi) is 5.11. The van der Waals surface area contributed by atoms with Gasteiger partial charge in [-0.05, 0) is 31.0 Å². The summed E-state index contributed by atoms with van der Waals surface area (Å²) in [5.41, 5.74) is 1.60. The average Bonchev–Trinajstić information content (AvgIpc) is 2.31. The minimum absolute atomic E-state index is 0.0375. The van der Waals surface area contributed by atoms with Crippen LogP contribution in [-0.4, -0.2) is 11.9 Å². The van der Waals surface area contributed by atoms with Gasteiger partial charge in [-0.2, -0.15) is 0 Å². The minimum atomic E-state index is -0.0829. The van der Waals surface area contributed by atoms with Crippen LogP contribution in [0.25, 0.3) is 0 Å². The molecule has 1 rings (SSSR count). The first-order valence-corrected chi connectivity index (χ1v) is 6.07. The van der Waals surface area contributed by atoms with E-state index in [1.807, 2.05) is 26.0 Å². The van der Waals surface area contributed by atoms with Crippen LogP contribution in [0, 0.1) is 19.3 Å². The molecule has 1 N–H and O–H groups in total. The number of terminal acetylenes is 1. The normalized spacial score (nSPS) is 11.6. The van der Waals surface area contributed by atoms with Gasteiger partial charge in [-0.1, -0.05) is 13.0 Å². The lowest BCUT2D eigenvalue weighted by atomic mass is 10.1. The van der Waals surface area contributed by atoms with Crippen molar-refractivity contribution in [1.29, 1.82) is 0 Å². The molecule has 1 aromatic carbocycles. The van der Waals surface area contributed by atoms with E-state index in [-0.39, 0.29) is 11.9 Å². The van der Waals surface area contributed by atoms with Crippen molar-refractivity contribution in [3.63, 3.8) is 0 Å². The Morgan fingerprint density at radius 1 is 1.59 bits per heavy atom. The molecule has 0 bridgehead atoms. The first-order chi connectivity index (χ1) is 8.08. The molecule has 0 aliphatic carbocycles. The zero-order chi connectivity index (χ0) is 12.8. The molecule has 0 aromatic heterocycles. The number of thiol groups is 1. The lowest BCUT2D eigenvalue weighted by Gasteiger charge is -2.15. The van der Waals surface area contributed by atoms with Crippen LogP contribution in [0.3, 0.4) is 0 Å². The minimum Gasteiger partial charge on any atom is -0.348 e. The summed E-state index contributed by atoms with van der Waals surface area (Å²) >= 11 is 4.24. The maximum Gasteiger partial charge on any atom is 0.251 e. The van der Waals surface area contributed by atoms with Crippen molar-refractivity contribution in [3.05, 3.63) is 29.3 Å². The van der Waals surface area contributed by atoms with Crippen LogP contribution in [0.5, 0.6) is 0 Å². The van der Waals surface area contributed by atoms with Crippen molar-refractivity contribution >= 4 is 18.5 Å². The molecule has 1 atom stereocenters. The van der Waals surface area contributed by atoms with Gasteiger partial charge in [-0.15, -0.1) is 25.0 Å². The van der Waals surface area contributed by atoms with Crippen LogP contribution in [0.2, 0.25) is 0 Å². The van der Waals surface area contributed by atoms with Crippen LogP contribution in [0.15, 0.2) is 23.1 Å². The number of aryl methyl sites for hydroxylation is 1. The first kappa shape index (κ1) is 13.7. The van der Waals surface area contributed by atoms with E-state index < -0.39 is 0 Å². The molecule has 3 heteroatoms. The number of benzene rings is 1. The number of carbonyl (C=O) groups is 1. The van der Waals surface area contributed by atoms with Gasteiger partial charge in [0.1, 0.15) is 0 Å². The Bertz CT molecular complexity index is 448. The molecule has 0 spiro atoms. The maximum absolute atomic E-state index is 12.0. The van der Waals surface area contributed by atoms with Crippen molar-refractivity contribution in [3.8, 4) is 12.3 Å². The van der Waals surface area contributed by atoms with Gasteiger partial charge < -0.3 is 5.32 Å². The molecule has 1 aromatic rings. The molecule has 17 heavy (non-hydrogen) atoms. The Morgan fingerprint density at radius 3 is 2.88 bits per heavy atom. The van der Waals surface area contributed by atoms with E-state index in [4.69, 9.17) is 6.42 Å². The molecule has 1 amide bonds. The van der Waals surface area contributed by atoms with E-state index in [1.54, 1.807) is 6.07 Å². The van der Waals surface area contributed by atoms with Crippen molar-refractivity contribution in [1.82, 2.24) is 5.32 Å². The van der Waals surface area contributed by atoms with E-state index in [1.165, 1.54) is 0 Å². The number of hydrogen-bond donors (Lipinski definition) is 2. The van der Waals surface area contributed by atoms with Crippen molar-refractivity contribution in [2.75, 3.05) is 0 Å². The predicted molar refractivity (Wildman–Crippen MR) is 73.4 cm³/mol. The molecule has 0 saturated heterocycles. The fraction of sp³-hybridized carbons (Fsp3) is 0.357. The summed E-state index contributed by atoms with van der Waals surface area (Å²) in [7, 11) is 0. The molecule has 0 heterocycles. The molecular weight excluding hydrogens is 230 g/mol. The first-order valence-electron chi connectivity index (χ1n) is 5.62. The zero-order valence-corrected chi connectivity index (χ0v) is 11.1. The maximum atomic E-state index is 12.0. The lowest BCUT2D eigenvalue weighted by molar-refractivity contribution is 0.0936. The van der Waals surface area contributed by atoms with Crippen LogP contribution in [-0.2, 0) is 0 Å². The molecule has 0 fully saturated rings. The topological polar surface area (TPSA) is 29.1 Å². The molecular formula is C14H17NOS. The van der Waals surface area contributed by atoms with E-state index in [0.717, 1.165) is 16.9 Å². The van der Waals surface area contributed by atoms with E-state index in [9.17, 15) is 4.79 Å². The highest BCUT2D eigenvalue weighted by Gasteiger charge is 2.13. The fourth-order valence-electron chi connectivity index (χ4n) is 1.56. The number of amides is 1. The number of nitrogens with one attached hydrogen (secondary N) is 1. The SMILES string of the molecule is C#CCC(CC)NC(=O)c1cc(S)ccc1C. The van der Waals surface area contributed by atoms with Gasteiger partial charge >= 0.3 is 0 Å². The van der Waals surface area contributed by atoms with Crippen LogP contribution >= 0.6 is 12.6 Å². The van der Waals surface area contributed by atoms with Gasteiger partial charge in [0.15, 0.2) is 0 Å². The summed E-state index contributed by atoms with van der Waals surface area (Å²) in [5, 5.41) is 2.94. The Morgan fingerprint density at radius 2 is 2.29 bits per heavy atom. The van der Waals surface area contributed by atoms with Gasteiger partial charge in [0.05, 0.1) is 0 Å². The summed E-state index contributed by atoms with van der Waals surface area (Å²) in [4.78, 5) is 12.8. The molecule has 0 saturated carbocycles. The molecule has 2 nitrogen and oxygen atoms in total. The van der Waals surface area contributed by atoms with Gasteiger partial charge in [0.25, 0.3) is 5.91 Å². The Hall–Kier alpha value is -1.40. The number of carbonyl (C=O) groups excluding carboxylic acids is 1. The molecule has 0 radical (unpaired) electrons. The predicted octanol–water partition coefficient (Wildman–Crippen LogP) is 2.82. The monoisotopic (exact) mass is 247 g/mol. The third kappa shape index (κ3) is 3.83. The van der Waals surface area contributed by atoms with Crippen molar-refractivity contribution in [2.24, 2.45) is 0 Å². The highest BCUT2D eigenvalue weighted by molar-refractivity contribution is 7.80. The second-order valence-electron chi connectivity index (χ2n) is 3.99. The van der Waals surface area contributed by atoms with Crippen molar-refractivity contribution < 1.29 is 4.79 Å². The van der Waals surface area contributed by atoms with E-state index in [2.05, 4.69) is 23.9 Å². The van der Waals surface area contributed by atoms with Crippen molar-refractivity contribution in [2.45, 2.75) is 37.6 Å². The molecule has 0 aliphatic heterocycles. The Labute approximate surface area is 108 Å². The van der Waals surface area contributed by atoms with Gasteiger partial charge in [0, 0.05) is 22.9 Å². The number of rotatable bonds is 4. The summed E-state index contributed by atoms with van der Waals surface area (Å²) < 4.78 is 0. The number of hydrogen-bond acceptors (Lipinski definition) is 2. The fourth-order valence-corrected chi connectivity index (χ4v) is 1.76. The molecule has 90 valence electrons. The smallest absolute Gasteiger partial charge is 0.251 e. The van der Waals surface area contributed by atoms with Crippen LogP contribution < -0.4 is 5.32 Å². The van der Waals surface area contributed by atoms with E-state index in [0.29, 0.717) is 12.0 Å².